The molecule has 192 valence electrons. The van der Waals surface area contributed by atoms with Gasteiger partial charge in [-0.3, -0.25) is 13.8 Å². The number of rotatable bonds is 8. The highest BCUT2D eigenvalue weighted by Crippen LogP contribution is 2.31. The van der Waals surface area contributed by atoms with E-state index in [0.29, 0.717) is 11.8 Å². The largest absolute Gasteiger partial charge is 0.416 e. The molecular formula is C23H22F3N3O5S2. The van der Waals surface area contributed by atoms with Crippen LogP contribution in [0.3, 0.4) is 0 Å². The normalized spacial score (nSPS) is 12.1. The first-order valence-electron chi connectivity index (χ1n) is 10.3. The molecule has 0 saturated heterocycles. The molecule has 1 amide bonds. The van der Waals surface area contributed by atoms with Crippen LogP contribution in [0.5, 0.6) is 0 Å². The van der Waals surface area contributed by atoms with Gasteiger partial charge in [0.25, 0.3) is 10.0 Å². The van der Waals surface area contributed by atoms with Gasteiger partial charge in [0.05, 0.1) is 22.4 Å². The summed E-state index contributed by atoms with van der Waals surface area (Å²) in [5.41, 5.74) is 0.138. The van der Waals surface area contributed by atoms with Crippen molar-refractivity contribution in [2.24, 2.45) is 0 Å². The molecule has 0 spiro atoms. The minimum Gasteiger partial charge on any atom is -0.325 e. The van der Waals surface area contributed by atoms with Crippen molar-refractivity contribution in [3.05, 3.63) is 83.9 Å². The van der Waals surface area contributed by atoms with Crippen molar-refractivity contribution in [1.29, 1.82) is 0 Å². The SMILES string of the molecule is Cc1ccc(N(CC(=O)Nc2ccc(S(=O)(=O)Nc3cccc(C(F)(F)F)c3)cc2)S(C)(=O)=O)cc1. The van der Waals surface area contributed by atoms with E-state index in [9.17, 15) is 34.8 Å². The maximum absolute atomic E-state index is 12.9. The quantitative estimate of drug-likeness (QED) is 0.444. The molecule has 0 aliphatic heterocycles. The first-order valence-corrected chi connectivity index (χ1v) is 13.6. The Balaban J connectivity index is 1.71. The predicted molar refractivity (Wildman–Crippen MR) is 131 cm³/mol. The summed E-state index contributed by atoms with van der Waals surface area (Å²) >= 11 is 0. The Labute approximate surface area is 206 Å². The average molecular weight is 542 g/mol. The van der Waals surface area contributed by atoms with Crippen LogP contribution in [0.4, 0.5) is 30.2 Å². The number of nitrogens with zero attached hydrogens (tertiary/aromatic N) is 1. The maximum Gasteiger partial charge on any atom is 0.416 e. The molecule has 0 atom stereocenters. The van der Waals surface area contributed by atoms with E-state index in [0.717, 1.165) is 40.4 Å². The number of hydrogen-bond acceptors (Lipinski definition) is 5. The van der Waals surface area contributed by atoms with Gasteiger partial charge in [0.15, 0.2) is 0 Å². The van der Waals surface area contributed by atoms with Gasteiger partial charge in [0, 0.05) is 11.4 Å². The van der Waals surface area contributed by atoms with E-state index in [-0.39, 0.29) is 16.3 Å². The molecule has 0 radical (unpaired) electrons. The minimum absolute atomic E-state index is 0.190. The van der Waals surface area contributed by atoms with Gasteiger partial charge in [0.1, 0.15) is 6.54 Å². The lowest BCUT2D eigenvalue weighted by atomic mass is 10.2. The zero-order valence-corrected chi connectivity index (χ0v) is 20.7. The number of alkyl halides is 3. The fourth-order valence-corrected chi connectivity index (χ4v) is 5.04. The molecule has 13 heteroatoms. The number of carbonyl (C=O) groups is 1. The Kier molecular flexibility index (Phi) is 7.65. The van der Waals surface area contributed by atoms with Gasteiger partial charge < -0.3 is 5.32 Å². The van der Waals surface area contributed by atoms with Crippen molar-refractivity contribution in [1.82, 2.24) is 0 Å². The van der Waals surface area contributed by atoms with E-state index in [4.69, 9.17) is 0 Å². The molecule has 0 aliphatic carbocycles. The molecule has 0 fully saturated rings. The molecule has 0 aliphatic rings. The van der Waals surface area contributed by atoms with Crippen molar-refractivity contribution in [3.8, 4) is 0 Å². The smallest absolute Gasteiger partial charge is 0.325 e. The van der Waals surface area contributed by atoms with E-state index in [1.165, 1.54) is 18.2 Å². The number of aryl methyl sites for hydroxylation is 1. The predicted octanol–water partition coefficient (Wildman–Crippen LogP) is 4.22. The van der Waals surface area contributed by atoms with E-state index < -0.39 is 44.2 Å². The van der Waals surface area contributed by atoms with Crippen LogP contribution in [0.15, 0.2) is 77.7 Å². The van der Waals surface area contributed by atoms with Crippen LogP contribution in [-0.2, 0) is 31.0 Å². The molecule has 0 unspecified atom stereocenters. The van der Waals surface area contributed by atoms with Gasteiger partial charge in [-0.05, 0) is 61.5 Å². The average Bonchev–Trinajstić information content (AvgIpc) is 2.77. The second kappa shape index (κ2) is 10.2. The van der Waals surface area contributed by atoms with Crippen molar-refractivity contribution >= 4 is 43.0 Å². The standard InChI is InChI=1S/C23H22F3N3O5S2/c1-16-6-10-20(11-7-16)29(35(2,31)32)15-22(30)27-18-8-12-21(13-9-18)36(33,34)28-19-5-3-4-17(14-19)23(24,25)26/h3-14,28H,15H2,1-2H3,(H,27,30). The first-order chi connectivity index (χ1) is 16.6. The second-order valence-corrected chi connectivity index (χ2v) is 11.5. The molecule has 3 rings (SSSR count). The Morgan fingerprint density at radius 1 is 0.889 bits per heavy atom. The summed E-state index contributed by atoms with van der Waals surface area (Å²) in [5.74, 6) is -0.668. The topological polar surface area (TPSA) is 113 Å². The van der Waals surface area contributed by atoms with Crippen molar-refractivity contribution in [3.63, 3.8) is 0 Å². The van der Waals surface area contributed by atoms with Crippen LogP contribution < -0.4 is 14.3 Å². The third-order valence-electron chi connectivity index (χ3n) is 4.90. The van der Waals surface area contributed by atoms with Crippen LogP contribution in [0.2, 0.25) is 0 Å². The number of carbonyl (C=O) groups excluding carboxylic acids is 1. The van der Waals surface area contributed by atoms with Crippen molar-refractivity contribution < 1.29 is 34.8 Å². The third kappa shape index (κ3) is 6.98. The van der Waals surface area contributed by atoms with Crippen LogP contribution >= 0.6 is 0 Å². The van der Waals surface area contributed by atoms with Crippen LogP contribution in [0, 0.1) is 6.92 Å². The molecule has 0 aromatic heterocycles. The summed E-state index contributed by atoms with van der Waals surface area (Å²) in [7, 11) is -7.99. The number of halogens is 3. The number of amides is 1. The number of anilines is 3. The zero-order valence-electron chi connectivity index (χ0n) is 19.1. The summed E-state index contributed by atoms with van der Waals surface area (Å²) < 4.78 is 91.2. The second-order valence-electron chi connectivity index (χ2n) is 7.86. The van der Waals surface area contributed by atoms with Gasteiger partial charge in [-0.1, -0.05) is 23.8 Å². The molecule has 2 N–H and O–H groups in total. The third-order valence-corrected chi connectivity index (χ3v) is 7.44. The number of benzene rings is 3. The summed E-state index contributed by atoms with van der Waals surface area (Å²) in [6.45, 7) is 1.32. The van der Waals surface area contributed by atoms with E-state index >= 15 is 0 Å². The van der Waals surface area contributed by atoms with Gasteiger partial charge in [-0.25, -0.2) is 16.8 Å². The Morgan fingerprint density at radius 2 is 1.50 bits per heavy atom. The lowest BCUT2D eigenvalue weighted by molar-refractivity contribution is -0.137. The molecule has 0 saturated carbocycles. The summed E-state index contributed by atoms with van der Waals surface area (Å²) in [6.07, 6.45) is -3.66. The Morgan fingerprint density at radius 3 is 2.06 bits per heavy atom. The van der Waals surface area contributed by atoms with E-state index in [2.05, 4.69) is 10.0 Å². The van der Waals surface area contributed by atoms with Gasteiger partial charge >= 0.3 is 6.18 Å². The fourth-order valence-electron chi connectivity index (χ4n) is 3.13. The molecule has 3 aromatic rings. The minimum atomic E-state index is -4.63. The van der Waals surface area contributed by atoms with Gasteiger partial charge in [-0.15, -0.1) is 0 Å². The molecule has 0 bridgehead atoms. The molecule has 36 heavy (non-hydrogen) atoms. The van der Waals surface area contributed by atoms with E-state index in [1.807, 2.05) is 6.92 Å². The van der Waals surface area contributed by atoms with Crippen LogP contribution in [-0.4, -0.2) is 35.5 Å². The highest BCUT2D eigenvalue weighted by atomic mass is 32.2. The van der Waals surface area contributed by atoms with Crippen LogP contribution in [0.1, 0.15) is 11.1 Å². The Bertz CT molecular complexity index is 1460. The van der Waals surface area contributed by atoms with Gasteiger partial charge in [-0.2, -0.15) is 13.2 Å². The zero-order chi connectivity index (χ0) is 26.7. The number of nitrogens with one attached hydrogen (secondary N) is 2. The van der Waals surface area contributed by atoms with Gasteiger partial charge in [0.2, 0.25) is 15.9 Å². The molecule has 0 heterocycles. The molecular weight excluding hydrogens is 519 g/mol. The highest BCUT2D eigenvalue weighted by molar-refractivity contribution is 7.92. The molecule has 3 aromatic carbocycles. The number of hydrogen-bond donors (Lipinski definition) is 2. The monoisotopic (exact) mass is 541 g/mol. The summed E-state index contributed by atoms with van der Waals surface area (Å²) in [4.78, 5) is 12.3. The highest BCUT2D eigenvalue weighted by Gasteiger charge is 2.30. The lowest BCUT2D eigenvalue weighted by Gasteiger charge is -2.22. The maximum atomic E-state index is 12.9. The van der Waals surface area contributed by atoms with Crippen molar-refractivity contribution in [2.45, 2.75) is 18.0 Å². The van der Waals surface area contributed by atoms with Crippen LogP contribution in [0.25, 0.3) is 0 Å². The molecule has 8 nitrogen and oxygen atoms in total. The summed E-state index contributed by atoms with van der Waals surface area (Å²) in [5, 5.41) is 2.49. The fraction of sp³-hybridized carbons (Fsp3) is 0.174. The first kappa shape index (κ1) is 27.0. The lowest BCUT2D eigenvalue weighted by Crippen LogP contribution is -2.37. The number of sulfonamides is 2. The van der Waals surface area contributed by atoms with E-state index in [1.54, 1.807) is 24.3 Å². The summed E-state index contributed by atoms with van der Waals surface area (Å²) in [6, 6.07) is 15.2. The van der Waals surface area contributed by atoms with Crippen molar-refractivity contribution in [2.75, 3.05) is 27.1 Å². The Hall–Kier alpha value is -3.58.